The number of ether oxygens (including phenoxy) is 1. The molecule has 1 aliphatic rings. The largest absolute Gasteiger partial charge is 0.480 e. The van der Waals surface area contributed by atoms with Gasteiger partial charge < -0.3 is 20.5 Å². The molecule has 0 bridgehead atoms. The molecule has 0 atom stereocenters. The number of aromatic nitrogens is 2. The summed E-state index contributed by atoms with van der Waals surface area (Å²) in [6, 6.07) is -0.558. The van der Waals surface area contributed by atoms with Crippen LogP contribution in [0.25, 0.3) is 0 Å². The molecule has 1 aromatic rings. The number of urea groups is 1. The monoisotopic (exact) mass is 268 g/mol. The van der Waals surface area contributed by atoms with Gasteiger partial charge in [-0.1, -0.05) is 0 Å². The second kappa shape index (κ2) is 5.27. The molecule has 2 amide bonds. The molecule has 104 valence electrons. The highest BCUT2D eigenvalue weighted by Gasteiger charge is 2.41. The lowest BCUT2D eigenvalue weighted by molar-refractivity contribution is -0.148. The molecule has 1 aliphatic heterocycles. The zero-order chi connectivity index (χ0) is 13.9. The molecular formula is C11H16N4O4. The first-order valence-corrected chi connectivity index (χ1v) is 5.91. The molecule has 0 aromatic carbocycles. The summed E-state index contributed by atoms with van der Waals surface area (Å²) in [5.74, 6) is -1.04. The van der Waals surface area contributed by atoms with Gasteiger partial charge in [-0.05, 0) is 0 Å². The fourth-order valence-electron chi connectivity index (χ4n) is 1.98. The van der Waals surface area contributed by atoms with Gasteiger partial charge in [-0.25, -0.2) is 9.59 Å². The molecule has 0 aliphatic carbocycles. The van der Waals surface area contributed by atoms with Crippen molar-refractivity contribution >= 4 is 17.7 Å². The SMILES string of the molecule is Cn1cc(NC(=O)NC2(C(=O)O)CCOCC2)cn1. The average molecular weight is 268 g/mol. The van der Waals surface area contributed by atoms with Gasteiger partial charge in [0.25, 0.3) is 0 Å². The molecule has 3 N–H and O–H groups in total. The van der Waals surface area contributed by atoms with Crippen LogP contribution in [0.2, 0.25) is 0 Å². The van der Waals surface area contributed by atoms with Gasteiger partial charge in [-0.3, -0.25) is 4.68 Å². The third-order valence-corrected chi connectivity index (χ3v) is 3.07. The molecule has 1 fully saturated rings. The summed E-state index contributed by atoms with van der Waals surface area (Å²) >= 11 is 0. The predicted octanol–water partition coefficient (Wildman–Crippen LogP) is 0.175. The van der Waals surface area contributed by atoms with Crippen molar-refractivity contribution in [1.29, 1.82) is 0 Å². The van der Waals surface area contributed by atoms with Crippen LogP contribution in [-0.2, 0) is 16.6 Å². The van der Waals surface area contributed by atoms with Crippen molar-refractivity contribution in [3.05, 3.63) is 12.4 Å². The van der Waals surface area contributed by atoms with E-state index < -0.39 is 17.5 Å². The normalized spacial score (nSPS) is 17.7. The number of aliphatic carboxylic acids is 1. The molecule has 0 saturated carbocycles. The minimum atomic E-state index is -1.26. The van der Waals surface area contributed by atoms with Gasteiger partial charge in [0.15, 0.2) is 0 Å². The zero-order valence-electron chi connectivity index (χ0n) is 10.5. The van der Waals surface area contributed by atoms with E-state index in [1.54, 1.807) is 13.2 Å². The summed E-state index contributed by atoms with van der Waals surface area (Å²) in [5.41, 5.74) is -0.752. The standard InChI is InChI=1S/C11H16N4O4/c1-15-7-8(6-12-15)13-10(18)14-11(9(16)17)2-4-19-5-3-11/h6-7H,2-5H2,1H3,(H,16,17)(H2,13,14,18). The van der Waals surface area contributed by atoms with Gasteiger partial charge in [-0.15, -0.1) is 0 Å². The smallest absolute Gasteiger partial charge is 0.329 e. The van der Waals surface area contributed by atoms with Gasteiger partial charge in [0.2, 0.25) is 0 Å². The van der Waals surface area contributed by atoms with E-state index in [2.05, 4.69) is 15.7 Å². The van der Waals surface area contributed by atoms with Crippen LogP contribution in [0.3, 0.4) is 0 Å². The number of carboxylic acid groups (broad SMARTS) is 1. The number of hydrogen-bond donors (Lipinski definition) is 3. The predicted molar refractivity (Wildman–Crippen MR) is 65.8 cm³/mol. The van der Waals surface area contributed by atoms with Crippen LogP contribution in [0.4, 0.5) is 10.5 Å². The quantitative estimate of drug-likeness (QED) is 0.725. The van der Waals surface area contributed by atoms with Gasteiger partial charge >= 0.3 is 12.0 Å². The number of carbonyl (C=O) groups excluding carboxylic acids is 1. The van der Waals surface area contributed by atoms with Crippen molar-refractivity contribution in [3.63, 3.8) is 0 Å². The fourth-order valence-corrected chi connectivity index (χ4v) is 1.98. The molecule has 0 unspecified atom stereocenters. The van der Waals surface area contributed by atoms with Gasteiger partial charge in [0, 0.05) is 39.3 Å². The lowest BCUT2D eigenvalue weighted by Gasteiger charge is -2.33. The Hall–Kier alpha value is -2.09. The molecule has 8 nitrogen and oxygen atoms in total. The van der Waals surface area contributed by atoms with E-state index in [9.17, 15) is 14.7 Å². The Balaban J connectivity index is 2.01. The maximum atomic E-state index is 11.8. The number of nitrogens with zero attached hydrogens (tertiary/aromatic N) is 2. The van der Waals surface area contributed by atoms with Crippen LogP contribution in [-0.4, -0.2) is 45.6 Å². The summed E-state index contributed by atoms with van der Waals surface area (Å²) in [6.07, 6.45) is 3.61. The number of carboxylic acids is 1. The van der Waals surface area contributed by atoms with E-state index in [1.807, 2.05) is 0 Å². The van der Waals surface area contributed by atoms with E-state index in [4.69, 9.17) is 4.74 Å². The van der Waals surface area contributed by atoms with Crippen LogP contribution < -0.4 is 10.6 Å². The average Bonchev–Trinajstić information content (AvgIpc) is 2.75. The van der Waals surface area contributed by atoms with Gasteiger partial charge in [-0.2, -0.15) is 5.10 Å². The molecule has 1 saturated heterocycles. The molecule has 2 heterocycles. The number of hydrogen-bond acceptors (Lipinski definition) is 4. The Morgan fingerprint density at radius 3 is 2.68 bits per heavy atom. The highest BCUT2D eigenvalue weighted by atomic mass is 16.5. The third-order valence-electron chi connectivity index (χ3n) is 3.07. The summed E-state index contributed by atoms with van der Waals surface area (Å²) in [4.78, 5) is 23.2. The van der Waals surface area contributed by atoms with Crippen LogP contribution in [0, 0.1) is 0 Å². The Bertz CT molecular complexity index is 479. The molecule has 2 rings (SSSR count). The summed E-state index contributed by atoms with van der Waals surface area (Å²) in [6.45, 7) is 0.638. The molecule has 19 heavy (non-hydrogen) atoms. The van der Waals surface area contributed by atoms with E-state index >= 15 is 0 Å². The highest BCUT2D eigenvalue weighted by molar-refractivity contribution is 5.93. The summed E-state index contributed by atoms with van der Waals surface area (Å²) in [7, 11) is 1.72. The second-order valence-corrected chi connectivity index (χ2v) is 4.48. The number of nitrogens with one attached hydrogen (secondary N) is 2. The molecule has 8 heteroatoms. The van der Waals surface area contributed by atoms with Crippen molar-refractivity contribution < 1.29 is 19.4 Å². The maximum absolute atomic E-state index is 11.8. The Kier molecular flexibility index (Phi) is 3.70. The van der Waals surface area contributed by atoms with Crippen LogP contribution >= 0.6 is 0 Å². The first-order valence-electron chi connectivity index (χ1n) is 5.91. The van der Waals surface area contributed by atoms with E-state index in [-0.39, 0.29) is 12.8 Å². The highest BCUT2D eigenvalue weighted by Crippen LogP contribution is 2.21. The van der Waals surface area contributed by atoms with Crippen molar-refractivity contribution in [2.75, 3.05) is 18.5 Å². The van der Waals surface area contributed by atoms with Gasteiger partial charge in [0.1, 0.15) is 5.54 Å². The first kappa shape index (κ1) is 13.3. The number of amides is 2. The number of rotatable bonds is 3. The first-order chi connectivity index (χ1) is 9.02. The van der Waals surface area contributed by atoms with E-state index in [1.165, 1.54) is 10.9 Å². The summed E-state index contributed by atoms with van der Waals surface area (Å²) < 4.78 is 6.67. The molecule has 0 radical (unpaired) electrons. The fraction of sp³-hybridized carbons (Fsp3) is 0.545. The zero-order valence-corrected chi connectivity index (χ0v) is 10.5. The van der Waals surface area contributed by atoms with Crippen LogP contribution in [0.5, 0.6) is 0 Å². The second-order valence-electron chi connectivity index (χ2n) is 4.48. The number of aryl methyl sites for hydroxylation is 1. The van der Waals surface area contributed by atoms with Crippen molar-refractivity contribution in [3.8, 4) is 0 Å². The van der Waals surface area contributed by atoms with Crippen LogP contribution in [0.1, 0.15) is 12.8 Å². The number of anilines is 1. The molecular weight excluding hydrogens is 252 g/mol. The minimum absolute atomic E-state index is 0.253. The Labute approximate surface area is 109 Å². The van der Waals surface area contributed by atoms with Gasteiger partial charge in [0.05, 0.1) is 11.9 Å². The summed E-state index contributed by atoms with van der Waals surface area (Å²) in [5, 5.41) is 18.3. The molecule has 1 aromatic heterocycles. The van der Waals surface area contributed by atoms with Crippen molar-refractivity contribution in [1.82, 2.24) is 15.1 Å². The number of carbonyl (C=O) groups is 2. The Morgan fingerprint density at radius 1 is 1.47 bits per heavy atom. The topological polar surface area (TPSA) is 105 Å². The van der Waals surface area contributed by atoms with E-state index in [0.717, 1.165) is 0 Å². The Morgan fingerprint density at radius 2 is 2.16 bits per heavy atom. The van der Waals surface area contributed by atoms with E-state index in [0.29, 0.717) is 18.9 Å². The molecule has 0 spiro atoms. The lowest BCUT2D eigenvalue weighted by Crippen LogP contribution is -2.58. The minimum Gasteiger partial charge on any atom is -0.480 e. The van der Waals surface area contributed by atoms with Crippen molar-refractivity contribution in [2.45, 2.75) is 18.4 Å². The van der Waals surface area contributed by atoms with Crippen LogP contribution in [0.15, 0.2) is 12.4 Å². The maximum Gasteiger partial charge on any atom is 0.329 e. The lowest BCUT2D eigenvalue weighted by atomic mass is 9.90. The van der Waals surface area contributed by atoms with Crippen molar-refractivity contribution in [2.24, 2.45) is 7.05 Å². The third kappa shape index (κ3) is 3.02.